The monoisotopic (exact) mass is 442 g/mol. The number of nitrogens with two attached hydrogens (primary N) is 2. The van der Waals surface area contributed by atoms with Crippen LogP contribution in [-0.4, -0.2) is 25.6 Å². The van der Waals surface area contributed by atoms with E-state index in [2.05, 4.69) is 15.0 Å². The molecule has 4 aromatic rings. The van der Waals surface area contributed by atoms with Crippen LogP contribution in [0.15, 0.2) is 42.9 Å². The van der Waals surface area contributed by atoms with Crippen LogP contribution in [0.25, 0.3) is 21.9 Å². The SMILES string of the molecule is Nc1nc2cc(CCC3CCC(n4ccc5c(N)ncnc54)O3)ccc2cc1C(F)(F)F. The summed E-state index contributed by atoms with van der Waals surface area (Å²) in [5, 5.41) is 1.21. The van der Waals surface area contributed by atoms with Gasteiger partial charge in [-0.1, -0.05) is 12.1 Å². The maximum Gasteiger partial charge on any atom is 0.419 e. The lowest BCUT2D eigenvalue weighted by Crippen LogP contribution is -2.12. The minimum Gasteiger partial charge on any atom is -0.383 e. The number of pyridine rings is 1. The van der Waals surface area contributed by atoms with Crippen LogP contribution in [0.2, 0.25) is 0 Å². The lowest BCUT2D eigenvalue weighted by atomic mass is 10.0. The summed E-state index contributed by atoms with van der Waals surface area (Å²) in [6.07, 6.45) is 2.04. The lowest BCUT2D eigenvalue weighted by Gasteiger charge is -2.16. The maximum atomic E-state index is 13.0. The Bertz CT molecular complexity index is 1300. The summed E-state index contributed by atoms with van der Waals surface area (Å²) in [7, 11) is 0. The van der Waals surface area contributed by atoms with E-state index in [0.717, 1.165) is 48.3 Å². The minimum absolute atomic E-state index is 0.0676. The predicted octanol–water partition coefficient (Wildman–Crippen LogP) is 4.47. The second kappa shape index (κ2) is 7.63. The fourth-order valence-electron chi connectivity index (χ4n) is 4.26. The first-order chi connectivity index (χ1) is 15.3. The summed E-state index contributed by atoms with van der Waals surface area (Å²) in [5.74, 6) is -0.0660. The van der Waals surface area contributed by atoms with Crippen molar-refractivity contribution in [2.24, 2.45) is 0 Å². The second-order valence-corrected chi connectivity index (χ2v) is 7.99. The van der Waals surface area contributed by atoms with Gasteiger partial charge in [-0.25, -0.2) is 15.0 Å². The fourth-order valence-corrected chi connectivity index (χ4v) is 4.26. The van der Waals surface area contributed by atoms with Crippen molar-refractivity contribution in [3.05, 3.63) is 54.0 Å². The van der Waals surface area contributed by atoms with Crippen molar-refractivity contribution < 1.29 is 17.9 Å². The largest absolute Gasteiger partial charge is 0.419 e. The van der Waals surface area contributed by atoms with Crippen LogP contribution >= 0.6 is 0 Å². The Hall–Kier alpha value is -3.40. The molecule has 32 heavy (non-hydrogen) atoms. The first-order valence-electron chi connectivity index (χ1n) is 10.3. The number of hydrogen-bond acceptors (Lipinski definition) is 6. The number of halogens is 3. The molecule has 1 aromatic carbocycles. The molecule has 2 unspecified atom stereocenters. The van der Waals surface area contributed by atoms with Gasteiger partial charge in [0.1, 0.15) is 29.8 Å². The molecular formula is C22H21F3N6O. The Morgan fingerprint density at radius 1 is 1.06 bits per heavy atom. The molecule has 0 radical (unpaired) electrons. The first kappa shape index (κ1) is 20.5. The molecule has 10 heteroatoms. The molecule has 1 saturated heterocycles. The number of aryl methyl sites for hydroxylation is 1. The van der Waals surface area contributed by atoms with E-state index >= 15 is 0 Å². The highest BCUT2D eigenvalue weighted by Crippen LogP contribution is 2.36. The molecule has 2 atom stereocenters. The number of alkyl halides is 3. The van der Waals surface area contributed by atoms with Gasteiger partial charge in [-0.3, -0.25) is 0 Å². The summed E-state index contributed by atoms with van der Waals surface area (Å²) < 4.78 is 47.3. The van der Waals surface area contributed by atoms with Crippen molar-refractivity contribution in [3.63, 3.8) is 0 Å². The van der Waals surface area contributed by atoms with E-state index in [1.807, 2.05) is 22.9 Å². The van der Waals surface area contributed by atoms with Gasteiger partial charge in [0.15, 0.2) is 0 Å². The van der Waals surface area contributed by atoms with Crippen molar-refractivity contribution >= 4 is 33.6 Å². The predicted molar refractivity (Wildman–Crippen MR) is 115 cm³/mol. The van der Waals surface area contributed by atoms with Crippen molar-refractivity contribution in [1.82, 2.24) is 19.5 Å². The van der Waals surface area contributed by atoms with Gasteiger partial charge in [0.25, 0.3) is 0 Å². The van der Waals surface area contributed by atoms with Gasteiger partial charge in [0.05, 0.1) is 22.6 Å². The molecule has 4 heterocycles. The zero-order valence-electron chi connectivity index (χ0n) is 17.0. The molecule has 0 spiro atoms. The Morgan fingerprint density at radius 3 is 2.72 bits per heavy atom. The van der Waals surface area contributed by atoms with E-state index < -0.39 is 17.6 Å². The number of hydrogen-bond donors (Lipinski definition) is 2. The highest BCUT2D eigenvalue weighted by atomic mass is 19.4. The molecule has 7 nitrogen and oxygen atoms in total. The van der Waals surface area contributed by atoms with Crippen LogP contribution in [0.1, 0.15) is 36.6 Å². The van der Waals surface area contributed by atoms with E-state index in [0.29, 0.717) is 16.7 Å². The van der Waals surface area contributed by atoms with E-state index in [9.17, 15) is 13.2 Å². The summed E-state index contributed by atoms with van der Waals surface area (Å²) in [6, 6.07) is 8.20. The zero-order valence-corrected chi connectivity index (χ0v) is 17.0. The molecule has 3 aromatic heterocycles. The topological polar surface area (TPSA) is 105 Å². The fraction of sp³-hybridized carbons (Fsp3) is 0.318. The molecule has 0 saturated carbocycles. The van der Waals surface area contributed by atoms with Crippen LogP contribution < -0.4 is 11.5 Å². The summed E-state index contributed by atoms with van der Waals surface area (Å²) in [5.41, 5.74) is 12.7. The summed E-state index contributed by atoms with van der Waals surface area (Å²) in [6.45, 7) is 0. The number of benzene rings is 1. The van der Waals surface area contributed by atoms with Gasteiger partial charge in [-0.2, -0.15) is 13.2 Å². The third-order valence-corrected chi connectivity index (χ3v) is 5.91. The van der Waals surface area contributed by atoms with E-state index in [1.54, 1.807) is 12.1 Å². The van der Waals surface area contributed by atoms with Crippen LogP contribution in [-0.2, 0) is 17.3 Å². The number of nitrogen functional groups attached to an aromatic ring is 2. The van der Waals surface area contributed by atoms with E-state index in [1.165, 1.54) is 6.33 Å². The van der Waals surface area contributed by atoms with Gasteiger partial charge in [-0.05, 0) is 49.4 Å². The Labute approximate surface area is 181 Å². The highest BCUT2D eigenvalue weighted by molar-refractivity contribution is 5.86. The van der Waals surface area contributed by atoms with Crippen molar-refractivity contribution in [2.45, 2.75) is 44.2 Å². The number of rotatable bonds is 4. The average Bonchev–Trinajstić information content (AvgIpc) is 3.38. The van der Waals surface area contributed by atoms with Crippen LogP contribution in [0.4, 0.5) is 24.8 Å². The molecule has 0 amide bonds. The molecule has 4 N–H and O–H groups in total. The number of aromatic nitrogens is 4. The van der Waals surface area contributed by atoms with E-state index in [4.69, 9.17) is 16.2 Å². The van der Waals surface area contributed by atoms with Gasteiger partial charge >= 0.3 is 6.18 Å². The molecule has 1 fully saturated rings. The van der Waals surface area contributed by atoms with Crippen LogP contribution in [0.3, 0.4) is 0 Å². The van der Waals surface area contributed by atoms with Crippen molar-refractivity contribution in [1.29, 1.82) is 0 Å². The smallest absolute Gasteiger partial charge is 0.383 e. The Morgan fingerprint density at radius 2 is 1.91 bits per heavy atom. The molecule has 1 aliphatic rings. The number of anilines is 2. The summed E-state index contributed by atoms with van der Waals surface area (Å²) >= 11 is 0. The normalized spacial score (nSPS) is 19.2. The molecule has 166 valence electrons. The van der Waals surface area contributed by atoms with Gasteiger partial charge < -0.3 is 20.8 Å². The number of nitrogens with zero attached hydrogens (tertiary/aromatic N) is 4. The Balaban J connectivity index is 1.27. The lowest BCUT2D eigenvalue weighted by molar-refractivity contribution is -0.137. The standard InChI is InChI=1S/C22H21F3N6O/c23-22(24,25)16-10-13-3-1-12(9-17(13)30-20(16)27)2-4-14-5-6-18(32-14)31-8-7-15-19(26)28-11-29-21(15)31/h1,3,7-11,14,18H,2,4-6H2,(H2,27,30)(H2,26,28,29). The maximum absolute atomic E-state index is 13.0. The number of fused-ring (bicyclic) bond motifs is 2. The van der Waals surface area contributed by atoms with Crippen LogP contribution in [0.5, 0.6) is 0 Å². The molecular weight excluding hydrogens is 421 g/mol. The minimum atomic E-state index is -4.52. The Kier molecular flexibility index (Phi) is 4.89. The highest BCUT2D eigenvalue weighted by Gasteiger charge is 2.34. The molecule has 0 bridgehead atoms. The van der Waals surface area contributed by atoms with Gasteiger partial charge in [0.2, 0.25) is 0 Å². The first-order valence-corrected chi connectivity index (χ1v) is 10.3. The van der Waals surface area contributed by atoms with Crippen molar-refractivity contribution in [3.8, 4) is 0 Å². The van der Waals surface area contributed by atoms with Gasteiger partial charge in [-0.15, -0.1) is 0 Å². The van der Waals surface area contributed by atoms with Crippen LogP contribution in [0, 0.1) is 0 Å². The third kappa shape index (κ3) is 3.70. The van der Waals surface area contributed by atoms with Crippen molar-refractivity contribution in [2.75, 3.05) is 11.5 Å². The summed E-state index contributed by atoms with van der Waals surface area (Å²) in [4.78, 5) is 12.3. The quantitative estimate of drug-likeness (QED) is 0.483. The second-order valence-electron chi connectivity index (χ2n) is 7.99. The van der Waals surface area contributed by atoms with E-state index in [-0.39, 0.29) is 12.3 Å². The molecule has 1 aliphatic heterocycles. The molecule has 5 rings (SSSR count). The zero-order chi connectivity index (χ0) is 22.5. The third-order valence-electron chi connectivity index (χ3n) is 5.91. The average molecular weight is 442 g/mol. The van der Waals surface area contributed by atoms with Gasteiger partial charge in [0, 0.05) is 11.6 Å². The number of ether oxygens (including phenoxy) is 1. The molecule has 0 aliphatic carbocycles.